The maximum atomic E-state index is 11.9. The SMILES string of the molecule is C[C@H](CCCOP(=O)(O)NC(CCC(=O)O)C(=O)O)NC(=O)CC[C@H](C)C(=O)O. The summed E-state index contributed by atoms with van der Waals surface area (Å²) in [6.07, 6.45) is 0.0855. The summed E-state index contributed by atoms with van der Waals surface area (Å²) in [4.78, 5) is 53.7. The number of carboxylic acid groups (broad SMARTS) is 3. The van der Waals surface area contributed by atoms with Crippen molar-refractivity contribution in [3.05, 3.63) is 0 Å². The third-order valence-electron chi connectivity index (χ3n) is 3.95. The van der Waals surface area contributed by atoms with Crippen molar-refractivity contribution in [2.75, 3.05) is 6.61 Å². The van der Waals surface area contributed by atoms with Crippen LogP contribution in [0, 0.1) is 5.92 Å². The molecular formula is C16H29N2O10P. The summed E-state index contributed by atoms with van der Waals surface area (Å²) in [5.41, 5.74) is 0. The number of nitrogens with one attached hydrogen (secondary N) is 2. The van der Waals surface area contributed by atoms with Gasteiger partial charge < -0.3 is 25.5 Å². The lowest BCUT2D eigenvalue weighted by molar-refractivity contribution is -0.142. The fourth-order valence-corrected chi connectivity index (χ4v) is 3.30. The third-order valence-corrected chi connectivity index (χ3v) is 5.12. The van der Waals surface area contributed by atoms with Gasteiger partial charge in [0.1, 0.15) is 6.04 Å². The maximum Gasteiger partial charge on any atom is 0.403 e. The topological polar surface area (TPSA) is 200 Å². The monoisotopic (exact) mass is 440 g/mol. The number of aliphatic carboxylic acids is 3. The summed E-state index contributed by atoms with van der Waals surface area (Å²) in [5, 5.41) is 30.9. The van der Waals surface area contributed by atoms with Crippen LogP contribution in [0.15, 0.2) is 0 Å². The Morgan fingerprint density at radius 2 is 1.59 bits per heavy atom. The number of hydrogen-bond acceptors (Lipinski definition) is 6. The molecule has 168 valence electrons. The molecule has 0 aromatic carbocycles. The molecule has 0 radical (unpaired) electrons. The zero-order chi connectivity index (χ0) is 22.6. The molecular weight excluding hydrogens is 411 g/mol. The first-order chi connectivity index (χ1) is 13.3. The van der Waals surface area contributed by atoms with Crippen molar-refractivity contribution in [1.29, 1.82) is 0 Å². The molecule has 0 aliphatic heterocycles. The number of rotatable bonds is 16. The fraction of sp³-hybridized carbons (Fsp3) is 0.750. The molecule has 0 saturated carbocycles. The predicted octanol–water partition coefficient (Wildman–Crippen LogP) is 0.797. The molecule has 0 aromatic rings. The lowest BCUT2D eigenvalue weighted by Crippen LogP contribution is -2.35. The molecule has 0 saturated heterocycles. The molecule has 6 N–H and O–H groups in total. The van der Waals surface area contributed by atoms with Crippen LogP contribution in [0.2, 0.25) is 0 Å². The van der Waals surface area contributed by atoms with Gasteiger partial charge in [-0.25, -0.2) is 9.65 Å². The van der Waals surface area contributed by atoms with Gasteiger partial charge in [-0.15, -0.1) is 0 Å². The van der Waals surface area contributed by atoms with Gasteiger partial charge >= 0.3 is 25.7 Å². The van der Waals surface area contributed by atoms with E-state index in [1.165, 1.54) is 6.92 Å². The summed E-state index contributed by atoms with van der Waals surface area (Å²) in [5.74, 6) is -4.61. The summed E-state index contributed by atoms with van der Waals surface area (Å²) in [6, 6.07) is -1.83. The molecule has 4 atom stereocenters. The second-order valence-corrected chi connectivity index (χ2v) is 8.25. The summed E-state index contributed by atoms with van der Waals surface area (Å²) < 4.78 is 16.7. The van der Waals surface area contributed by atoms with Crippen LogP contribution < -0.4 is 10.4 Å². The van der Waals surface area contributed by atoms with Crippen LogP contribution in [-0.4, -0.2) is 62.7 Å². The number of carbonyl (C=O) groups is 4. The lowest BCUT2D eigenvalue weighted by atomic mass is 10.1. The van der Waals surface area contributed by atoms with Crippen LogP contribution in [0.3, 0.4) is 0 Å². The van der Waals surface area contributed by atoms with Crippen molar-refractivity contribution >= 4 is 31.6 Å². The molecule has 0 heterocycles. The predicted molar refractivity (Wildman–Crippen MR) is 100 cm³/mol. The van der Waals surface area contributed by atoms with Crippen molar-refractivity contribution in [2.24, 2.45) is 5.92 Å². The van der Waals surface area contributed by atoms with E-state index in [2.05, 4.69) is 5.32 Å². The minimum atomic E-state index is -4.45. The van der Waals surface area contributed by atoms with Crippen molar-refractivity contribution in [2.45, 2.75) is 64.5 Å². The standard InChI is InChI=1S/C16H29N2O10P/c1-10(15(22)23)5-7-13(19)17-11(2)4-3-9-28-29(26,27)18-12(16(24)25)6-8-14(20)21/h10-12H,3-9H2,1-2H3,(H,17,19)(H,20,21)(H,22,23)(H,24,25)(H2,18,26,27)/t10-,11+,12?/m0/s1. The number of carboxylic acids is 3. The Balaban J connectivity index is 4.21. The van der Waals surface area contributed by atoms with Crippen molar-refractivity contribution in [3.63, 3.8) is 0 Å². The van der Waals surface area contributed by atoms with E-state index in [1.807, 2.05) is 5.09 Å². The van der Waals surface area contributed by atoms with Gasteiger partial charge in [-0.1, -0.05) is 6.92 Å². The highest BCUT2D eigenvalue weighted by Gasteiger charge is 2.29. The highest BCUT2D eigenvalue weighted by molar-refractivity contribution is 7.50. The van der Waals surface area contributed by atoms with Gasteiger partial charge in [0.2, 0.25) is 5.91 Å². The Hall–Kier alpha value is -2.01. The average Bonchev–Trinajstić information content (AvgIpc) is 2.59. The van der Waals surface area contributed by atoms with Gasteiger partial charge in [-0.05, 0) is 32.6 Å². The first kappa shape index (κ1) is 27.0. The molecule has 12 nitrogen and oxygen atoms in total. The third kappa shape index (κ3) is 13.7. The Kier molecular flexibility index (Phi) is 12.3. The Morgan fingerprint density at radius 3 is 2.10 bits per heavy atom. The van der Waals surface area contributed by atoms with Crippen LogP contribution >= 0.6 is 7.75 Å². The molecule has 0 rings (SSSR count). The van der Waals surface area contributed by atoms with Crippen LogP contribution in [0.25, 0.3) is 0 Å². The van der Waals surface area contributed by atoms with Gasteiger partial charge in [-0.3, -0.25) is 23.7 Å². The largest absolute Gasteiger partial charge is 0.481 e. The molecule has 0 bridgehead atoms. The fourth-order valence-electron chi connectivity index (χ4n) is 2.21. The van der Waals surface area contributed by atoms with E-state index in [9.17, 15) is 28.6 Å². The van der Waals surface area contributed by atoms with E-state index < -0.39 is 44.0 Å². The molecule has 0 aliphatic carbocycles. The molecule has 0 spiro atoms. The molecule has 0 aromatic heterocycles. The van der Waals surface area contributed by atoms with Gasteiger partial charge in [0.15, 0.2) is 0 Å². The van der Waals surface area contributed by atoms with Gasteiger partial charge in [0.05, 0.1) is 12.5 Å². The Labute approximate surface area is 168 Å². The van der Waals surface area contributed by atoms with Gasteiger partial charge in [-0.2, -0.15) is 0 Å². The highest BCUT2D eigenvalue weighted by atomic mass is 31.2. The molecule has 2 unspecified atom stereocenters. The van der Waals surface area contributed by atoms with E-state index in [-0.39, 0.29) is 44.2 Å². The second-order valence-electron chi connectivity index (χ2n) is 6.69. The minimum Gasteiger partial charge on any atom is -0.481 e. The van der Waals surface area contributed by atoms with Crippen molar-refractivity contribution in [1.82, 2.24) is 10.4 Å². The minimum absolute atomic E-state index is 0.0665. The smallest absolute Gasteiger partial charge is 0.403 e. The van der Waals surface area contributed by atoms with E-state index in [4.69, 9.17) is 19.8 Å². The van der Waals surface area contributed by atoms with E-state index >= 15 is 0 Å². The van der Waals surface area contributed by atoms with Gasteiger partial charge in [0.25, 0.3) is 0 Å². The van der Waals surface area contributed by atoms with Crippen LogP contribution in [0.4, 0.5) is 0 Å². The van der Waals surface area contributed by atoms with Crippen molar-refractivity contribution < 1.29 is 48.5 Å². The lowest BCUT2D eigenvalue weighted by Gasteiger charge is -2.19. The molecule has 13 heteroatoms. The van der Waals surface area contributed by atoms with E-state index in [0.717, 1.165) is 0 Å². The normalized spacial score (nSPS) is 16.2. The summed E-state index contributed by atoms with van der Waals surface area (Å²) in [6.45, 7) is 3.03. The second kappa shape index (κ2) is 13.3. The Morgan fingerprint density at radius 1 is 0.966 bits per heavy atom. The number of hydrogen-bond donors (Lipinski definition) is 6. The zero-order valence-electron chi connectivity index (χ0n) is 16.4. The summed E-state index contributed by atoms with van der Waals surface area (Å²) in [7, 11) is -4.45. The Bertz CT molecular complexity index is 627. The number of amides is 1. The molecule has 0 fully saturated rings. The zero-order valence-corrected chi connectivity index (χ0v) is 17.3. The maximum absolute atomic E-state index is 11.9. The average molecular weight is 440 g/mol. The first-order valence-electron chi connectivity index (χ1n) is 9.06. The van der Waals surface area contributed by atoms with Crippen molar-refractivity contribution in [3.8, 4) is 0 Å². The summed E-state index contributed by atoms with van der Waals surface area (Å²) >= 11 is 0. The van der Waals surface area contributed by atoms with Crippen LogP contribution in [-0.2, 0) is 28.3 Å². The van der Waals surface area contributed by atoms with Gasteiger partial charge in [0, 0.05) is 18.9 Å². The quantitative estimate of drug-likeness (QED) is 0.146. The van der Waals surface area contributed by atoms with Crippen LogP contribution in [0.5, 0.6) is 0 Å². The molecule has 29 heavy (non-hydrogen) atoms. The first-order valence-corrected chi connectivity index (χ1v) is 10.6. The van der Waals surface area contributed by atoms with E-state index in [1.54, 1.807) is 6.92 Å². The molecule has 0 aliphatic rings. The highest BCUT2D eigenvalue weighted by Crippen LogP contribution is 2.38. The number of carbonyl (C=O) groups excluding carboxylic acids is 1. The molecule has 1 amide bonds. The van der Waals surface area contributed by atoms with E-state index in [0.29, 0.717) is 6.42 Å². The van der Waals surface area contributed by atoms with Crippen LogP contribution in [0.1, 0.15) is 52.4 Å².